The molecular formula is C14H24N2S. The molecule has 1 aromatic heterocycles. The molecule has 0 saturated carbocycles. The molecule has 0 aromatic carbocycles. The van der Waals surface area contributed by atoms with Gasteiger partial charge in [-0.15, -0.1) is 11.3 Å². The van der Waals surface area contributed by atoms with Crippen molar-refractivity contribution in [2.75, 3.05) is 26.7 Å². The van der Waals surface area contributed by atoms with Crippen LogP contribution >= 0.6 is 11.3 Å². The fraction of sp³-hybridized carbons (Fsp3) is 0.714. The molecule has 2 heterocycles. The second-order valence-corrected chi connectivity index (χ2v) is 6.52. The van der Waals surface area contributed by atoms with E-state index in [1.165, 1.54) is 25.9 Å². The van der Waals surface area contributed by atoms with E-state index < -0.39 is 0 Å². The molecule has 1 N–H and O–H groups in total. The predicted molar refractivity (Wildman–Crippen MR) is 75.6 cm³/mol. The van der Waals surface area contributed by atoms with Crippen LogP contribution in [0.15, 0.2) is 11.4 Å². The third-order valence-corrected chi connectivity index (χ3v) is 4.97. The summed E-state index contributed by atoms with van der Waals surface area (Å²) in [5, 5.41) is 5.58. The van der Waals surface area contributed by atoms with Gasteiger partial charge in [-0.3, -0.25) is 4.90 Å². The number of hydrogen-bond acceptors (Lipinski definition) is 3. The first-order chi connectivity index (χ1) is 8.17. The maximum Gasteiger partial charge on any atom is 0.0245 e. The third kappa shape index (κ3) is 3.09. The van der Waals surface area contributed by atoms with E-state index in [9.17, 15) is 0 Å². The van der Waals surface area contributed by atoms with Gasteiger partial charge < -0.3 is 5.32 Å². The Morgan fingerprint density at radius 2 is 2.35 bits per heavy atom. The minimum atomic E-state index is 0.405. The molecule has 1 aromatic rings. The maximum atomic E-state index is 3.34. The zero-order chi connectivity index (χ0) is 12.3. The smallest absolute Gasteiger partial charge is 0.0245 e. The molecule has 96 valence electrons. The van der Waals surface area contributed by atoms with E-state index in [1.54, 1.807) is 10.4 Å². The van der Waals surface area contributed by atoms with E-state index in [0.29, 0.717) is 5.41 Å². The van der Waals surface area contributed by atoms with Crippen molar-refractivity contribution in [2.24, 2.45) is 5.41 Å². The van der Waals surface area contributed by atoms with Crippen LogP contribution in [0.4, 0.5) is 0 Å². The number of fused-ring (bicyclic) bond motifs is 1. The van der Waals surface area contributed by atoms with Crippen molar-refractivity contribution in [2.45, 2.75) is 33.2 Å². The quantitative estimate of drug-likeness (QED) is 0.867. The zero-order valence-electron chi connectivity index (χ0n) is 11.3. The summed E-state index contributed by atoms with van der Waals surface area (Å²) in [5.74, 6) is 0. The van der Waals surface area contributed by atoms with Crippen molar-refractivity contribution < 1.29 is 0 Å². The zero-order valence-corrected chi connectivity index (χ0v) is 12.1. The first-order valence-electron chi connectivity index (χ1n) is 6.59. The molecule has 0 aliphatic carbocycles. The fourth-order valence-corrected chi connectivity index (χ4v) is 3.59. The second kappa shape index (κ2) is 5.51. The van der Waals surface area contributed by atoms with E-state index in [2.05, 4.69) is 42.6 Å². The molecule has 0 radical (unpaired) electrons. The summed E-state index contributed by atoms with van der Waals surface area (Å²) in [6.07, 6.45) is 2.48. The molecule has 1 aliphatic heterocycles. The highest BCUT2D eigenvalue weighted by Crippen LogP contribution is 2.28. The van der Waals surface area contributed by atoms with Crippen LogP contribution in [0.3, 0.4) is 0 Å². The Balaban J connectivity index is 1.97. The Kier molecular flexibility index (Phi) is 4.23. The highest BCUT2D eigenvalue weighted by molar-refractivity contribution is 7.10. The minimum absolute atomic E-state index is 0.405. The highest BCUT2D eigenvalue weighted by atomic mass is 32.1. The van der Waals surface area contributed by atoms with E-state index in [0.717, 1.165) is 13.1 Å². The molecule has 1 unspecified atom stereocenters. The molecule has 2 rings (SSSR count). The van der Waals surface area contributed by atoms with Crippen LogP contribution in [-0.2, 0) is 13.0 Å². The highest BCUT2D eigenvalue weighted by Gasteiger charge is 2.26. The Hall–Kier alpha value is -0.380. The molecule has 17 heavy (non-hydrogen) atoms. The lowest BCUT2D eigenvalue weighted by Gasteiger charge is -2.36. The number of thiophene rings is 1. The van der Waals surface area contributed by atoms with Gasteiger partial charge in [0.25, 0.3) is 0 Å². The van der Waals surface area contributed by atoms with Crippen LogP contribution in [0.1, 0.15) is 30.7 Å². The molecule has 1 aliphatic rings. The topological polar surface area (TPSA) is 15.3 Å². The average Bonchev–Trinajstić information content (AvgIpc) is 2.76. The van der Waals surface area contributed by atoms with Crippen LogP contribution in [0.25, 0.3) is 0 Å². The van der Waals surface area contributed by atoms with Gasteiger partial charge in [0.15, 0.2) is 0 Å². The summed E-state index contributed by atoms with van der Waals surface area (Å²) in [4.78, 5) is 4.23. The van der Waals surface area contributed by atoms with Crippen LogP contribution in [-0.4, -0.2) is 31.6 Å². The largest absolute Gasteiger partial charge is 0.319 e. The van der Waals surface area contributed by atoms with Gasteiger partial charge in [0.05, 0.1) is 0 Å². The van der Waals surface area contributed by atoms with Crippen LogP contribution in [0, 0.1) is 5.41 Å². The Bertz CT molecular complexity index is 361. The Morgan fingerprint density at radius 3 is 3.06 bits per heavy atom. The van der Waals surface area contributed by atoms with Crippen LogP contribution < -0.4 is 5.32 Å². The van der Waals surface area contributed by atoms with E-state index in [1.807, 2.05) is 11.3 Å². The fourth-order valence-electron chi connectivity index (χ4n) is 2.70. The van der Waals surface area contributed by atoms with Crippen molar-refractivity contribution in [1.82, 2.24) is 10.2 Å². The maximum absolute atomic E-state index is 3.34. The summed E-state index contributed by atoms with van der Waals surface area (Å²) >= 11 is 1.92. The van der Waals surface area contributed by atoms with Crippen molar-refractivity contribution in [3.8, 4) is 0 Å². The number of nitrogens with one attached hydrogen (secondary N) is 1. The summed E-state index contributed by atoms with van der Waals surface area (Å²) in [6.45, 7) is 9.39. The van der Waals surface area contributed by atoms with E-state index >= 15 is 0 Å². The van der Waals surface area contributed by atoms with Gasteiger partial charge in [-0.1, -0.05) is 13.8 Å². The van der Waals surface area contributed by atoms with Crippen molar-refractivity contribution in [1.29, 1.82) is 0 Å². The van der Waals surface area contributed by atoms with E-state index in [4.69, 9.17) is 0 Å². The van der Waals surface area contributed by atoms with Crippen molar-refractivity contribution in [3.63, 3.8) is 0 Å². The van der Waals surface area contributed by atoms with Gasteiger partial charge in [0.2, 0.25) is 0 Å². The van der Waals surface area contributed by atoms with E-state index in [-0.39, 0.29) is 0 Å². The van der Waals surface area contributed by atoms with Gasteiger partial charge in [-0.2, -0.15) is 0 Å². The molecule has 1 atom stereocenters. The summed E-state index contributed by atoms with van der Waals surface area (Å²) < 4.78 is 0. The number of hydrogen-bond donors (Lipinski definition) is 1. The summed E-state index contributed by atoms with van der Waals surface area (Å²) in [7, 11) is 2.06. The standard InChI is InChI=1S/C14H24N2S/c1-4-14(2,10-15-3)11-16-7-5-13-12(9-16)6-8-17-13/h6,8,15H,4-5,7,9-11H2,1-3H3. The average molecular weight is 252 g/mol. The molecule has 0 spiro atoms. The van der Waals surface area contributed by atoms with Gasteiger partial charge in [-0.05, 0) is 42.3 Å². The predicted octanol–water partition coefficient (Wildman–Crippen LogP) is 2.74. The summed E-state index contributed by atoms with van der Waals surface area (Å²) in [6, 6.07) is 2.30. The lowest BCUT2D eigenvalue weighted by Crippen LogP contribution is -2.42. The van der Waals surface area contributed by atoms with Gasteiger partial charge in [0, 0.05) is 31.1 Å². The van der Waals surface area contributed by atoms with Gasteiger partial charge >= 0.3 is 0 Å². The first kappa shape index (κ1) is 13.1. The SMILES string of the molecule is CCC(C)(CNC)CN1CCc2sccc2C1. The monoisotopic (exact) mass is 252 g/mol. The number of rotatable bonds is 5. The first-order valence-corrected chi connectivity index (χ1v) is 7.47. The van der Waals surface area contributed by atoms with Crippen molar-refractivity contribution in [3.05, 3.63) is 21.9 Å². The number of nitrogens with zero attached hydrogens (tertiary/aromatic N) is 1. The molecule has 0 fully saturated rings. The van der Waals surface area contributed by atoms with Crippen molar-refractivity contribution >= 4 is 11.3 Å². The molecule has 0 saturated heterocycles. The summed E-state index contributed by atoms with van der Waals surface area (Å²) in [5.41, 5.74) is 1.96. The molecular weight excluding hydrogens is 228 g/mol. The molecule has 3 heteroatoms. The molecule has 0 bridgehead atoms. The second-order valence-electron chi connectivity index (χ2n) is 5.52. The Labute approximate surface area is 109 Å². The Morgan fingerprint density at radius 1 is 1.53 bits per heavy atom. The molecule has 2 nitrogen and oxygen atoms in total. The normalized spacial score (nSPS) is 19.9. The van der Waals surface area contributed by atoms with Gasteiger partial charge in [-0.25, -0.2) is 0 Å². The molecule has 0 amide bonds. The lowest BCUT2D eigenvalue weighted by molar-refractivity contribution is 0.146. The van der Waals surface area contributed by atoms with Crippen LogP contribution in [0.2, 0.25) is 0 Å². The lowest BCUT2D eigenvalue weighted by atomic mass is 9.86. The van der Waals surface area contributed by atoms with Crippen LogP contribution in [0.5, 0.6) is 0 Å². The third-order valence-electron chi connectivity index (χ3n) is 3.95. The minimum Gasteiger partial charge on any atom is -0.319 e. The van der Waals surface area contributed by atoms with Gasteiger partial charge in [0.1, 0.15) is 0 Å².